The highest BCUT2D eigenvalue weighted by atomic mass is 32.2. The van der Waals surface area contributed by atoms with Crippen molar-refractivity contribution in [1.82, 2.24) is 0 Å². The second-order valence-electron chi connectivity index (χ2n) is 7.66. The first-order chi connectivity index (χ1) is 17.5. The fourth-order valence-corrected chi connectivity index (χ4v) is 4.91. The summed E-state index contributed by atoms with van der Waals surface area (Å²) in [6.07, 6.45) is 1.77. The summed E-state index contributed by atoms with van der Waals surface area (Å²) in [5.41, 5.74) is 1.99. The molecule has 1 N–H and O–H groups in total. The van der Waals surface area contributed by atoms with Crippen molar-refractivity contribution in [3.05, 3.63) is 77.2 Å². The van der Waals surface area contributed by atoms with Gasteiger partial charge in [0.2, 0.25) is 6.79 Å². The average Bonchev–Trinajstić information content (AvgIpc) is 3.47. The van der Waals surface area contributed by atoms with Crippen LogP contribution in [-0.2, 0) is 9.59 Å². The van der Waals surface area contributed by atoms with Gasteiger partial charge in [-0.2, -0.15) is 0 Å². The van der Waals surface area contributed by atoms with E-state index in [-0.39, 0.29) is 25.2 Å². The van der Waals surface area contributed by atoms with Gasteiger partial charge in [0.15, 0.2) is 22.4 Å². The Morgan fingerprint density at radius 1 is 1.11 bits per heavy atom. The molecule has 36 heavy (non-hydrogen) atoms. The SMILES string of the molecule is COc1ccccc1NC(=O)COc1ccc(/C=C2\SC(=S)N(c3ccc4c(c3)OCO4)C2=O)cc1. The van der Waals surface area contributed by atoms with Gasteiger partial charge in [-0.15, -0.1) is 0 Å². The first kappa shape index (κ1) is 23.7. The van der Waals surface area contributed by atoms with Crippen LogP contribution in [0.15, 0.2) is 71.6 Å². The molecule has 2 heterocycles. The Hall–Kier alpha value is -4.02. The van der Waals surface area contributed by atoms with Crippen molar-refractivity contribution in [2.24, 2.45) is 0 Å². The number of thiocarbonyl (C=S) groups is 1. The molecule has 1 fully saturated rings. The molecule has 3 aromatic carbocycles. The minimum atomic E-state index is -0.309. The third kappa shape index (κ3) is 5.00. The summed E-state index contributed by atoms with van der Waals surface area (Å²) in [6.45, 7) is -0.00514. The van der Waals surface area contributed by atoms with Crippen molar-refractivity contribution < 1.29 is 28.5 Å². The molecule has 10 heteroatoms. The van der Waals surface area contributed by atoms with E-state index in [1.807, 2.05) is 6.07 Å². The van der Waals surface area contributed by atoms with Gasteiger partial charge in [-0.3, -0.25) is 14.5 Å². The number of anilines is 2. The zero-order valence-electron chi connectivity index (χ0n) is 19.1. The molecule has 0 radical (unpaired) electrons. The molecule has 3 aromatic rings. The Kier molecular flexibility index (Phi) is 6.79. The van der Waals surface area contributed by atoms with Crippen LogP contribution in [0.4, 0.5) is 11.4 Å². The Morgan fingerprint density at radius 3 is 2.69 bits per heavy atom. The predicted molar refractivity (Wildman–Crippen MR) is 142 cm³/mol. The number of hydrogen-bond donors (Lipinski definition) is 1. The molecule has 5 rings (SSSR count). The van der Waals surface area contributed by atoms with Crippen LogP contribution >= 0.6 is 24.0 Å². The van der Waals surface area contributed by atoms with Gasteiger partial charge in [0.05, 0.1) is 23.4 Å². The van der Waals surface area contributed by atoms with E-state index in [1.165, 1.54) is 16.7 Å². The van der Waals surface area contributed by atoms with Crippen molar-refractivity contribution in [3.8, 4) is 23.0 Å². The van der Waals surface area contributed by atoms with Crippen LogP contribution in [0.1, 0.15) is 5.56 Å². The first-order valence-corrected chi connectivity index (χ1v) is 12.1. The molecule has 0 aromatic heterocycles. The van der Waals surface area contributed by atoms with Gasteiger partial charge in [0.1, 0.15) is 11.5 Å². The number of benzene rings is 3. The maximum atomic E-state index is 13.1. The summed E-state index contributed by atoms with van der Waals surface area (Å²) in [6, 6.07) is 19.5. The van der Waals surface area contributed by atoms with Gasteiger partial charge in [-0.05, 0) is 48.0 Å². The number of carbonyl (C=O) groups excluding carboxylic acids is 2. The van der Waals surface area contributed by atoms with Crippen molar-refractivity contribution in [3.63, 3.8) is 0 Å². The third-order valence-corrected chi connectivity index (χ3v) is 6.64. The summed E-state index contributed by atoms with van der Waals surface area (Å²) in [7, 11) is 1.54. The quantitative estimate of drug-likeness (QED) is 0.350. The number of nitrogens with zero attached hydrogens (tertiary/aromatic N) is 1. The number of amides is 2. The molecule has 0 unspecified atom stereocenters. The Morgan fingerprint density at radius 2 is 1.89 bits per heavy atom. The highest BCUT2D eigenvalue weighted by Gasteiger charge is 2.34. The van der Waals surface area contributed by atoms with Gasteiger partial charge >= 0.3 is 0 Å². The lowest BCUT2D eigenvalue weighted by Gasteiger charge is -2.14. The van der Waals surface area contributed by atoms with Crippen molar-refractivity contribution in [2.45, 2.75) is 0 Å². The van der Waals surface area contributed by atoms with E-state index in [4.69, 9.17) is 31.2 Å². The molecule has 0 bridgehead atoms. The lowest BCUT2D eigenvalue weighted by atomic mass is 10.2. The Bertz CT molecular complexity index is 1370. The van der Waals surface area contributed by atoms with E-state index in [2.05, 4.69) is 5.32 Å². The molecule has 0 saturated carbocycles. The number of methoxy groups -OCH3 is 1. The second-order valence-corrected chi connectivity index (χ2v) is 9.34. The van der Waals surface area contributed by atoms with Crippen molar-refractivity contribution in [1.29, 1.82) is 0 Å². The molecule has 2 amide bonds. The van der Waals surface area contributed by atoms with E-state index in [0.29, 0.717) is 43.6 Å². The largest absolute Gasteiger partial charge is 0.495 e. The highest BCUT2D eigenvalue weighted by molar-refractivity contribution is 8.27. The maximum Gasteiger partial charge on any atom is 0.270 e. The van der Waals surface area contributed by atoms with Gasteiger partial charge in [0, 0.05) is 6.07 Å². The second kappa shape index (κ2) is 10.3. The summed E-state index contributed by atoms with van der Waals surface area (Å²) >= 11 is 6.68. The molecular formula is C26H20N2O6S2. The number of hydrogen-bond acceptors (Lipinski definition) is 8. The number of rotatable bonds is 7. The fraction of sp³-hybridized carbons (Fsp3) is 0.115. The smallest absolute Gasteiger partial charge is 0.270 e. The van der Waals surface area contributed by atoms with Crippen LogP contribution in [0.3, 0.4) is 0 Å². The van der Waals surface area contributed by atoms with Crippen LogP contribution in [-0.4, -0.2) is 36.6 Å². The van der Waals surface area contributed by atoms with Gasteiger partial charge in [0.25, 0.3) is 11.8 Å². The molecule has 1 saturated heterocycles. The van der Waals surface area contributed by atoms with Crippen LogP contribution in [0, 0.1) is 0 Å². The molecule has 8 nitrogen and oxygen atoms in total. The van der Waals surface area contributed by atoms with Crippen molar-refractivity contribution in [2.75, 3.05) is 30.7 Å². The lowest BCUT2D eigenvalue weighted by Crippen LogP contribution is -2.27. The first-order valence-electron chi connectivity index (χ1n) is 10.8. The molecular weight excluding hydrogens is 500 g/mol. The monoisotopic (exact) mass is 520 g/mol. The highest BCUT2D eigenvalue weighted by Crippen LogP contribution is 2.40. The maximum absolute atomic E-state index is 13.1. The minimum Gasteiger partial charge on any atom is -0.495 e. The number of para-hydroxylation sites is 2. The van der Waals surface area contributed by atoms with Crippen molar-refractivity contribution >= 4 is 57.6 Å². The molecule has 0 aliphatic carbocycles. The predicted octanol–water partition coefficient (Wildman–Crippen LogP) is 4.85. The third-order valence-electron chi connectivity index (χ3n) is 5.34. The minimum absolute atomic E-state index is 0.156. The van der Waals surface area contributed by atoms with E-state index < -0.39 is 0 Å². The Labute approximate surface area is 216 Å². The summed E-state index contributed by atoms with van der Waals surface area (Å²) in [5, 5.41) is 2.76. The topological polar surface area (TPSA) is 86.3 Å². The molecule has 2 aliphatic heterocycles. The molecule has 182 valence electrons. The molecule has 0 spiro atoms. The van der Waals surface area contributed by atoms with Crippen LogP contribution in [0.5, 0.6) is 23.0 Å². The Balaban J connectivity index is 1.21. The fourth-order valence-electron chi connectivity index (χ4n) is 3.61. The lowest BCUT2D eigenvalue weighted by molar-refractivity contribution is -0.118. The average molecular weight is 521 g/mol. The number of ether oxygens (including phenoxy) is 4. The van der Waals surface area contributed by atoms with Crippen LogP contribution < -0.4 is 29.2 Å². The summed E-state index contributed by atoms with van der Waals surface area (Å²) in [4.78, 5) is 27.3. The van der Waals surface area contributed by atoms with E-state index in [1.54, 1.807) is 73.8 Å². The zero-order chi connectivity index (χ0) is 25.1. The number of nitrogens with one attached hydrogen (secondary N) is 1. The van der Waals surface area contributed by atoms with Gasteiger partial charge in [-0.1, -0.05) is 48.2 Å². The van der Waals surface area contributed by atoms with Crippen LogP contribution in [0.25, 0.3) is 6.08 Å². The van der Waals surface area contributed by atoms with E-state index in [9.17, 15) is 9.59 Å². The molecule has 2 aliphatic rings. The molecule has 0 atom stereocenters. The number of thioether (sulfide) groups is 1. The zero-order valence-corrected chi connectivity index (χ0v) is 20.7. The number of fused-ring (bicyclic) bond motifs is 1. The normalized spacial score (nSPS) is 15.4. The van der Waals surface area contributed by atoms with E-state index in [0.717, 1.165) is 5.56 Å². The summed E-state index contributed by atoms with van der Waals surface area (Å²) in [5.74, 6) is 1.79. The van der Waals surface area contributed by atoms with Crippen LogP contribution in [0.2, 0.25) is 0 Å². The van der Waals surface area contributed by atoms with Gasteiger partial charge < -0.3 is 24.3 Å². The summed E-state index contributed by atoms with van der Waals surface area (Å²) < 4.78 is 22.0. The van der Waals surface area contributed by atoms with E-state index >= 15 is 0 Å². The standard InChI is InChI=1S/C26H20N2O6S2/c1-31-20-5-3-2-4-19(20)27-24(29)14-32-18-9-6-16(7-10-18)12-23-25(30)28(26(35)36-23)17-8-11-21-22(13-17)34-15-33-21/h2-13H,14-15H2,1H3,(H,27,29)/b23-12-. The number of carbonyl (C=O) groups is 2. The van der Waals surface area contributed by atoms with Gasteiger partial charge in [-0.25, -0.2) is 0 Å².